The fraction of sp³-hybridized carbons (Fsp3) is 0.846. The van der Waals surface area contributed by atoms with Gasteiger partial charge in [-0.15, -0.1) is 12.4 Å². The van der Waals surface area contributed by atoms with Gasteiger partial charge < -0.3 is 21.1 Å². The molecule has 2 amide bonds. The Kier molecular flexibility index (Phi) is 7.26. The molecule has 3 unspecified atom stereocenters. The molecule has 0 aromatic heterocycles. The van der Waals surface area contributed by atoms with Gasteiger partial charge >= 0.3 is 0 Å². The number of carbonyl (C=O) groups excluding carboxylic acids is 2. The Balaban J connectivity index is 0.00000200. The van der Waals surface area contributed by atoms with Crippen LogP contribution in [0.3, 0.4) is 0 Å². The molecule has 3 atom stereocenters. The number of primary amides is 1. The maximum Gasteiger partial charge on any atom is 0.222 e. The number of hydrogen-bond acceptors (Lipinski definition) is 4. The van der Waals surface area contributed by atoms with Crippen LogP contribution in [-0.4, -0.2) is 43.7 Å². The third-order valence-corrected chi connectivity index (χ3v) is 3.91. The molecule has 6 nitrogen and oxygen atoms in total. The Bertz CT molecular complexity index is 335. The maximum absolute atomic E-state index is 12.0. The largest absolute Gasteiger partial charge is 0.378 e. The van der Waals surface area contributed by atoms with Crippen molar-refractivity contribution in [1.82, 2.24) is 10.6 Å². The van der Waals surface area contributed by atoms with Crippen molar-refractivity contribution in [1.29, 1.82) is 0 Å². The summed E-state index contributed by atoms with van der Waals surface area (Å²) in [6.45, 7) is 2.05. The zero-order chi connectivity index (χ0) is 13.7. The Morgan fingerprint density at radius 3 is 2.70 bits per heavy atom. The molecular formula is C13H24ClN3O3. The number of ether oxygens (including phenoxy) is 1. The number of halogens is 1. The predicted octanol–water partition coefficient (Wildman–Crippen LogP) is -0.0530. The molecule has 1 aliphatic heterocycles. The van der Waals surface area contributed by atoms with E-state index in [1.165, 1.54) is 0 Å². The van der Waals surface area contributed by atoms with E-state index in [4.69, 9.17) is 10.5 Å². The van der Waals surface area contributed by atoms with Crippen molar-refractivity contribution in [3.8, 4) is 0 Å². The lowest BCUT2D eigenvalue weighted by Gasteiger charge is -2.31. The third kappa shape index (κ3) is 4.92. The predicted molar refractivity (Wildman–Crippen MR) is 77.6 cm³/mol. The van der Waals surface area contributed by atoms with Gasteiger partial charge in [0.15, 0.2) is 0 Å². The van der Waals surface area contributed by atoms with Crippen molar-refractivity contribution in [2.75, 3.05) is 19.8 Å². The molecule has 0 radical (unpaired) electrons. The molecule has 0 bridgehead atoms. The highest BCUT2D eigenvalue weighted by Crippen LogP contribution is 2.24. The molecule has 2 aliphatic rings. The van der Waals surface area contributed by atoms with Crippen LogP contribution in [0.4, 0.5) is 0 Å². The Morgan fingerprint density at radius 1 is 1.30 bits per heavy atom. The minimum Gasteiger partial charge on any atom is -0.378 e. The number of hydrogen-bond donors (Lipinski definition) is 3. The molecule has 116 valence electrons. The van der Waals surface area contributed by atoms with Crippen LogP contribution in [0.2, 0.25) is 0 Å². The fourth-order valence-electron chi connectivity index (χ4n) is 2.88. The maximum atomic E-state index is 12.0. The number of nitrogens with two attached hydrogens (primary N) is 1. The SMILES string of the molecule is Cl.NC(=O)C1CCCCC1NC(=O)CC1COCCN1. The summed E-state index contributed by atoms with van der Waals surface area (Å²) in [7, 11) is 0. The van der Waals surface area contributed by atoms with Crippen LogP contribution >= 0.6 is 12.4 Å². The lowest BCUT2D eigenvalue weighted by atomic mass is 9.84. The summed E-state index contributed by atoms with van der Waals surface area (Å²) in [6, 6.07) is -0.0207. The van der Waals surface area contributed by atoms with E-state index >= 15 is 0 Å². The van der Waals surface area contributed by atoms with Gasteiger partial charge in [0.1, 0.15) is 0 Å². The molecule has 20 heavy (non-hydrogen) atoms. The molecule has 0 aromatic rings. The molecule has 1 saturated carbocycles. The van der Waals surface area contributed by atoms with Crippen molar-refractivity contribution in [2.45, 2.75) is 44.2 Å². The Hall–Kier alpha value is -0.850. The first-order chi connectivity index (χ1) is 9.16. The highest BCUT2D eigenvalue weighted by molar-refractivity contribution is 5.85. The van der Waals surface area contributed by atoms with Crippen molar-refractivity contribution in [3.63, 3.8) is 0 Å². The molecule has 4 N–H and O–H groups in total. The summed E-state index contributed by atoms with van der Waals surface area (Å²) in [5.41, 5.74) is 5.39. The smallest absolute Gasteiger partial charge is 0.222 e. The number of rotatable bonds is 4. The van der Waals surface area contributed by atoms with Gasteiger partial charge in [0.05, 0.1) is 19.1 Å². The summed E-state index contributed by atoms with van der Waals surface area (Å²) in [5, 5.41) is 6.21. The molecule has 0 spiro atoms. The zero-order valence-corrected chi connectivity index (χ0v) is 12.4. The number of nitrogens with one attached hydrogen (secondary N) is 2. The Labute approximate surface area is 125 Å². The Morgan fingerprint density at radius 2 is 2.05 bits per heavy atom. The van der Waals surface area contributed by atoms with Crippen molar-refractivity contribution >= 4 is 24.2 Å². The molecule has 1 heterocycles. The standard InChI is InChI=1S/C13H23N3O3.ClH/c14-13(18)10-3-1-2-4-11(10)16-12(17)7-9-8-19-6-5-15-9;/h9-11,15H,1-8H2,(H2,14,18)(H,16,17);1H. The van der Waals surface area contributed by atoms with Gasteiger partial charge in [0.2, 0.25) is 11.8 Å². The van der Waals surface area contributed by atoms with E-state index in [0.717, 1.165) is 32.2 Å². The second-order valence-electron chi connectivity index (χ2n) is 5.40. The molecule has 7 heteroatoms. The van der Waals surface area contributed by atoms with Gasteiger partial charge in [-0.3, -0.25) is 9.59 Å². The highest BCUT2D eigenvalue weighted by atomic mass is 35.5. The summed E-state index contributed by atoms with van der Waals surface area (Å²) in [4.78, 5) is 23.4. The highest BCUT2D eigenvalue weighted by Gasteiger charge is 2.30. The van der Waals surface area contributed by atoms with E-state index in [0.29, 0.717) is 19.6 Å². The van der Waals surface area contributed by atoms with E-state index in [1.807, 2.05) is 0 Å². The van der Waals surface area contributed by atoms with Crippen LogP contribution in [0.1, 0.15) is 32.1 Å². The van der Waals surface area contributed by atoms with Crippen LogP contribution in [0.25, 0.3) is 0 Å². The van der Waals surface area contributed by atoms with Gasteiger partial charge in [-0.2, -0.15) is 0 Å². The second kappa shape index (κ2) is 8.44. The lowest BCUT2D eigenvalue weighted by molar-refractivity contribution is -0.126. The average molecular weight is 306 g/mol. The lowest BCUT2D eigenvalue weighted by Crippen LogP contribution is -2.50. The minimum absolute atomic E-state index is 0. The number of carbonyl (C=O) groups is 2. The van der Waals surface area contributed by atoms with Crippen molar-refractivity contribution in [2.24, 2.45) is 11.7 Å². The normalized spacial score (nSPS) is 30.1. The topological polar surface area (TPSA) is 93.5 Å². The van der Waals surface area contributed by atoms with Gasteiger partial charge in [0, 0.05) is 25.0 Å². The number of amides is 2. The summed E-state index contributed by atoms with van der Waals surface area (Å²) >= 11 is 0. The van der Waals surface area contributed by atoms with Gasteiger partial charge in [-0.1, -0.05) is 12.8 Å². The number of morpholine rings is 1. The molecule has 2 rings (SSSR count). The zero-order valence-electron chi connectivity index (χ0n) is 11.6. The second-order valence-corrected chi connectivity index (χ2v) is 5.40. The van der Waals surface area contributed by atoms with Crippen LogP contribution in [0.5, 0.6) is 0 Å². The monoisotopic (exact) mass is 305 g/mol. The average Bonchev–Trinajstić information content (AvgIpc) is 2.40. The first kappa shape index (κ1) is 17.2. The van der Waals surface area contributed by atoms with Gasteiger partial charge in [0.25, 0.3) is 0 Å². The van der Waals surface area contributed by atoms with Gasteiger partial charge in [-0.25, -0.2) is 0 Å². The van der Waals surface area contributed by atoms with E-state index in [1.54, 1.807) is 0 Å². The molecular weight excluding hydrogens is 282 g/mol. The van der Waals surface area contributed by atoms with Crippen molar-refractivity contribution in [3.05, 3.63) is 0 Å². The molecule has 1 saturated heterocycles. The van der Waals surface area contributed by atoms with Crippen LogP contribution in [0, 0.1) is 5.92 Å². The third-order valence-electron chi connectivity index (χ3n) is 3.91. The summed E-state index contributed by atoms with van der Waals surface area (Å²) < 4.78 is 5.32. The summed E-state index contributed by atoms with van der Waals surface area (Å²) in [5.74, 6) is -0.543. The van der Waals surface area contributed by atoms with E-state index in [2.05, 4.69) is 10.6 Å². The molecule has 1 aliphatic carbocycles. The van der Waals surface area contributed by atoms with E-state index in [9.17, 15) is 9.59 Å². The van der Waals surface area contributed by atoms with E-state index in [-0.39, 0.29) is 42.2 Å². The van der Waals surface area contributed by atoms with Crippen LogP contribution < -0.4 is 16.4 Å². The van der Waals surface area contributed by atoms with Gasteiger partial charge in [-0.05, 0) is 12.8 Å². The quantitative estimate of drug-likeness (QED) is 0.679. The van der Waals surface area contributed by atoms with Crippen LogP contribution in [-0.2, 0) is 14.3 Å². The fourth-order valence-corrected chi connectivity index (χ4v) is 2.88. The molecule has 0 aromatic carbocycles. The summed E-state index contributed by atoms with van der Waals surface area (Å²) in [6.07, 6.45) is 4.07. The first-order valence-electron chi connectivity index (χ1n) is 7.06. The van der Waals surface area contributed by atoms with Crippen LogP contribution in [0.15, 0.2) is 0 Å². The van der Waals surface area contributed by atoms with E-state index < -0.39 is 0 Å². The molecule has 2 fully saturated rings. The minimum atomic E-state index is -0.302. The van der Waals surface area contributed by atoms with Crippen molar-refractivity contribution < 1.29 is 14.3 Å². The first-order valence-corrected chi connectivity index (χ1v) is 7.06.